The Balaban J connectivity index is 2.62. The second-order valence-corrected chi connectivity index (χ2v) is 4.81. The molecule has 0 saturated heterocycles. The number of anilines is 1. The predicted octanol–water partition coefficient (Wildman–Crippen LogP) is 2.70. The number of carbonyl (C=O) groups is 1. The predicted molar refractivity (Wildman–Crippen MR) is 66.1 cm³/mol. The lowest BCUT2D eigenvalue weighted by Gasteiger charge is -2.07. The number of esters is 1. The van der Waals surface area contributed by atoms with E-state index in [0.717, 1.165) is 17.1 Å². The van der Waals surface area contributed by atoms with Gasteiger partial charge in [-0.05, 0) is 30.8 Å². The third kappa shape index (κ3) is 3.20. The minimum Gasteiger partial charge on any atom is -0.462 e. The summed E-state index contributed by atoms with van der Waals surface area (Å²) < 4.78 is 9.34. The normalized spacial score (nSPS) is 10.6. The Morgan fingerprint density at radius 2 is 2.25 bits per heavy atom. The molecule has 90 valence electrons. The summed E-state index contributed by atoms with van der Waals surface area (Å²) in [6, 6.07) is 0. The van der Waals surface area contributed by atoms with E-state index < -0.39 is 0 Å². The van der Waals surface area contributed by atoms with Gasteiger partial charge < -0.3 is 10.1 Å². The zero-order chi connectivity index (χ0) is 12.1. The molecule has 0 aliphatic carbocycles. The minimum atomic E-state index is -0.281. The van der Waals surface area contributed by atoms with Crippen LogP contribution in [0.3, 0.4) is 0 Å². The zero-order valence-corrected chi connectivity index (χ0v) is 11.0. The summed E-state index contributed by atoms with van der Waals surface area (Å²) in [5, 5.41) is 3.72. The fourth-order valence-electron chi connectivity index (χ4n) is 1.24. The average molecular weight is 242 g/mol. The second-order valence-electron chi connectivity index (χ2n) is 4.04. The number of carbonyl (C=O) groups excluding carboxylic acids is 1. The van der Waals surface area contributed by atoms with Crippen LogP contribution in [0.1, 0.15) is 36.3 Å². The Morgan fingerprint density at radius 3 is 2.81 bits per heavy atom. The first kappa shape index (κ1) is 13.0. The third-order valence-corrected chi connectivity index (χ3v) is 3.18. The van der Waals surface area contributed by atoms with Gasteiger partial charge in [0.1, 0.15) is 10.6 Å². The maximum Gasteiger partial charge on any atom is 0.343 e. The lowest BCUT2D eigenvalue weighted by atomic mass is 10.1. The quantitative estimate of drug-likeness (QED) is 0.807. The van der Waals surface area contributed by atoms with Gasteiger partial charge >= 0.3 is 5.97 Å². The van der Waals surface area contributed by atoms with Gasteiger partial charge in [0, 0.05) is 7.05 Å². The van der Waals surface area contributed by atoms with E-state index in [1.54, 1.807) is 7.05 Å². The van der Waals surface area contributed by atoms with Crippen molar-refractivity contribution in [2.45, 2.75) is 27.2 Å². The third-order valence-electron chi connectivity index (χ3n) is 2.22. The van der Waals surface area contributed by atoms with Crippen molar-refractivity contribution in [3.63, 3.8) is 0 Å². The number of nitrogens with one attached hydrogen (secondary N) is 1. The van der Waals surface area contributed by atoms with E-state index >= 15 is 0 Å². The molecule has 0 amide bonds. The summed E-state index contributed by atoms with van der Waals surface area (Å²) in [5.74, 6) is 0.259. The van der Waals surface area contributed by atoms with Crippen LogP contribution in [0.25, 0.3) is 0 Å². The Hall–Kier alpha value is -1.10. The summed E-state index contributed by atoms with van der Waals surface area (Å²) in [4.78, 5) is 11.8. The molecule has 0 unspecified atom stereocenters. The molecule has 0 bridgehead atoms. The van der Waals surface area contributed by atoms with Gasteiger partial charge in [-0.2, -0.15) is 4.37 Å². The van der Waals surface area contributed by atoms with E-state index in [-0.39, 0.29) is 5.97 Å². The number of aromatic nitrogens is 1. The van der Waals surface area contributed by atoms with Gasteiger partial charge in [0.05, 0.1) is 12.3 Å². The fraction of sp³-hybridized carbons (Fsp3) is 0.636. The summed E-state index contributed by atoms with van der Waals surface area (Å²) in [7, 11) is 1.78. The molecule has 16 heavy (non-hydrogen) atoms. The van der Waals surface area contributed by atoms with E-state index in [0.29, 0.717) is 18.1 Å². The van der Waals surface area contributed by atoms with Gasteiger partial charge in [0.15, 0.2) is 0 Å². The van der Waals surface area contributed by atoms with Crippen LogP contribution in [0.15, 0.2) is 0 Å². The highest BCUT2D eigenvalue weighted by Gasteiger charge is 2.18. The van der Waals surface area contributed by atoms with Crippen molar-refractivity contribution in [3.8, 4) is 0 Å². The highest BCUT2D eigenvalue weighted by atomic mass is 32.1. The molecule has 1 aromatic rings. The second kappa shape index (κ2) is 5.84. The van der Waals surface area contributed by atoms with E-state index in [1.807, 2.05) is 6.92 Å². The number of rotatable bonds is 5. The first-order valence-corrected chi connectivity index (χ1v) is 6.14. The summed E-state index contributed by atoms with van der Waals surface area (Å²) in [6.45, 7) is 6.49. The van der Waals surface area contributed by atoms with Crippen LogP contribution in [0.4, 0.5) is 5.00 Å². The summed E-state index contributed by atoms with van der Waals surface area (Å²) in [5.41, 5.74) is 1.29. The molecule has 1 heterocycles. The van der Waals surface area contributed by atoms with Gasteiger partial charge in [-0.25, -0.2) is 4.79 Å². The first-order chi connectivity index (χ1) is 7.56. The maximum atomic E-state index is 11.8. The molecule has 0 saturated carbocycles. The van der Waals surface area contributed by atoms with E-state index in [4.69, 9.17) is 4.74 Å². The van der Waals surface area contributed by atoms with Crippen LogP contribution in [-0.4, -0.2) is 24.0 Å². The van der Waals surface area contributed by atoms with Crippen molar-refractivity contribution in [2.24, 2.45) is 5.92 Å². The molecular formula is C11H18N2O2S. The molecule has 0 aliphatic rings. The van der Waals surface area contributed by atoms with Crippen LogP contribution in [0, 0.1) is 12.8 Å². The van der Waals surface area contributed by atoms with Crippen molar-refractivity contribution in [2.75, 3.05) is 19.0 Å². The van der Waals surface area contributed by atoms with Crippen LogP contribution in [0.5, 0.6) is 0 Å². The van der Waals surface area contributed by atoms with Crippen molar-refractivity contribution in [3.05, 3.63) is 11.3 Å². The molecule has 1 aromatic heterocycles. The molecule has 1 rings (SSSR count). The van der Waals surface area contributed by atoms with Gasteiger partial charge in [-0.3, -0.25) is 0 Å². The molecule has 5 heteroatoms. The smallest absolute Gasteiger partial charge is 0.343 e. The zero-order valence-electron chi connectivity index (χ0n) is 10.2. The highest BCUT2D eigenvalue weighted by Crippen LogP contribution is 2.24. The van der Waals surface area contributed by atoms with Gasteiger partial charge in [0.2, 0.25) is 0 Å². The molecule has 0 spiro atoms. The van der Waals surface area contributed by atoms with Crippen molar-refractivity contribution in [1.29, 1.82) is 0 Å². The van der Waals surface area contributed by atoms with Crippen molar-refractivity contribution in [1.82, 2.24) is 4.37 Å². The van der Waals surface area contributed by atoms with E-state index in [9.17, 15) is 4.79 Å². The molecule has 0 fully saturated rings. The molecule has 0 aliphatic heterocycles. The Labute approximate surface area is 100 Å². The Morgan fingerprint density at radius 1 is 1.56 bits per heavy atom. The van der Waals surface area contributed by atoms with Crippen LogP contribution in [-0.2, 0) is 4.74 Å². The number of ether oxygens (including phenoxy) is 1. The number of hydrogen-bond acceptors (Lipinski definition) is 5. The lowest BCUT2D eigenvalue weighted by molar-refractivity contribution is 0.0488. The number of nitrogens with zero attached hydrogens (tertiary/aromatic N) is 1. The number of hydrogen-bond donors (Lipinski definition) is 1. The first-order valence-electron chi connectivity index (χ1n) is 5.37. The minimum absolute atomic E-state index is 0.281. The monoisotopic (exact) mass is 242 g/mol. The van der Waals surface area contributed by atoms with Crippen molar-refractivity contribution >= 4 is 22.5 Å². The van der Waals surface area contributed by atoms with Crippen LogP contribution < -0.4 is 5.32 Å². The van der Waals surface area contributed by atoms with E-state index in [1.165, 1.54) is 11.5 Å². The van der Waals surface area contributed by atoms with Gasteiger partial charge in [-0.15, -0.1) is 0 Å². The average Bonchev–Trinajstić information content (AvgIpc) is 2.58. The summed E-state index contributed by atoms with van der Waals surface area (Å²) >= 11 is 1.28. The fourth-order valence-corrected chi connectivity index (χ4v) is 1.97. The highest BCUT2D eigenvalue weighted by molar-refractivity contribution is 7.10. The number of aryl methyl sites for hydroxylation is 1. The summed E-state index contributed by atoms with van der Waals surface area (Å²) in [6.07, 6.45) is 0.886. The topological polar surface area (TPSA) is 51.2 Å². The SMILES string of the molecule is CNc1snc(C)c1C(=O)OCCC(C)C. The van der Waals surface area contributed by atoms with Crippen LogP contribution >= 0.6 is 11.5 Å². The molecular weight excluding hydrogens is 224 g/mol. The molecule has 4 nitrogen and oxygen atoms in total. The largest absolute Gasteiger partial charge is 0.462 e. The molecule has 0 atom stereocenters. The van der Waals surface area contributed by atoms with Crippen LogP contribution in [0.2, 0.25) is 0 Å². The maximum absolute atomic E-state index is 11.8. The molecule has 0 aromatic carbocycles. The lowest BCUT2D eigenvalue weighted by Crippen LogP contribution is -2.10. The molecule has 0 radical (unpaired) electrons. The van der Waals surface area contributed by atoms with Gasteiger partial charge in [-0.1, -0.05) is 13.8 Å². The van der Waals surface area contributed by atoms with Gasteiger partial charge in [0.25, 0.3) is 0 Å². The van der Waals surface area contributed by atoms with E-state index in [2.05, 4.69) is 23.5 Å². The standard InChI is InChI=1S/C11H18N2O2S/c1-7(2)5-6-15-11(14)9-8(3)13-16-10(9)12-4/h7,12H,5-6H2,1-4H3. The Bertz CT molecular complexity index is 361. The molecule has 1 N–H and O–H groups in total. The van der Waals surface area contributed by atoms with Crippen molar-refractivity contribution < 1.29 is 9.53 Å². The Kier molecular flexibility index (Phi) is 4.73.